The summed E-state index contributed by atoms with van der Waals surface area (Å²) in [5.74, 6) is 0.142. The summed E-state index contributed by atoms with van der Waals surface area (Å²) >= 11 is 3.33. The lowest BCUT2D eigenvalue weighted by molar-refractivity contribution is 0.0964. The van der Waals surface area contributed by atoms with Gasteiger partial charge in [0.05, 0.1) is 18.5 Å². The maximum atomic E-state index is 12.9. The van der Waals surface area contributed by atoms with E-state index in [1.54, 1.807) is 6.20 Å². The number of pyridine rings is 1. The van der Waals surface area contributed by atoms with Crippen LogP contribution < -0.4 is 10.3 Å². The molecule has 0 amide bonds. The highest BCUT2D eigenvalue weighted by Crippen LogP contribution is 2.21. The number of aromatic nitrogens is 3. The Morgan fingerprint density at radius 3 is 2.79 bits per heavy atom. The van der Waals surface area contributed by atoms with Gasteiger partial charge in [-0.25, -0.2) is 4.68 Å². The van der Waals surface area contributed by atoms with Crippen molar-refractivity contribution in [3.05, 3.63) is 86.0 Å². The molecule has 1 fully saturated rings. The highest BCUT2D eigenvalue weighted by atomic mass is 79.9. The summed E-state index contributed by atoms with van der Waals surface area (Å²) in [4.78, 5) is 31.8. The van der Waals surface area contributed by atoms with Crippen molar-refractivity contribution in [2.24, 2.45) is 0 Å². The number of halogens is 1. The molecule has 178 valence electrons. The van der Waals surface area contributed by atoms with Crippen LogP contribution in [0.15, 0.2) is 58.1 Å². The van der Waals surface area contributed by atoms with Crippen LogP contribution in [0.4, 0.5) is 0 Å². The van der Waals surface area contributed by atoms with Gasteiger partial charge in [-0.05, 0) is 65.5 Å². The van der Waals surface area contributed by atoms with Gasteiger partial charge in [-0.2, -0.15) is 5.10 Å². The molecule has 2 aromatic heterocycles. The molecule has 3 aromatic rings. The van der Waals surface area contributed by atoms with Crippen molar-refractivity contribution < 1.29 is 14.6 Å². The summed E-state index contributed by atoms with van der Waals surface area (Å²) < 4.78 is 7.61. The fraction of sp³-hybridized carbons (Fsp3) is 0.360. The predicted octanol–water partition coefficient (Wildman–Crippen LogP) is 3.13. The summed E-state index contributed by atoms with van der Waals surface area (Å²) in [6.45, 7) is 3.85. The van der Waals surface area contributed by atoms with Crippen LogP contribution in [-0.4, -0.2) is 49.7 Å². The van der Waals surface area contributed by atoms with Crippen LogP contribution in [0.2, 0.25) is 0 Å². The fourth-order valence-electron chi connectivity index (χ4n) is 4.17. The van der Waals surface area contributed by atoms with E-state index in [2.05, 4.69) is 30.9 Å². The second-order valence-corrected chi connectivity index (χ2v) is 9.38. The van der Waals surface area contributed by atoms with E-state index in [4.69, 9.17) is 4.74 Å². The number of ether oxygens (including phenoxy) is 1. The highest BCUT2D eigenvalue weighted by molar-refractivity contribution is 9.10. The summed E-state index contributed by atoms with van der Waals surface area (Å²) in [5, 5.41) is 13.6. The Morgan fingerprint density at radius 1 is 1.24 bits per heavy atom. The number of benzene rings is 1. The highest BCUT2D eigenvalue weighted by Gasteiger charge is 2.23. The number of ketones is 1. The van der Waals surface area contributed by atoms with E-state index in [1.807, 2.05) is 37.3 Å². The third-order valence-electron chi connectivity index (χ3n) is 6.00. The number of aliphatic hydroxyl groups excluding tert-OH is 1. The fourth-order valence-corrected chi connectivity index (χ4v) is 4.40. The number of aliphatic hydroxyl groups is 1. The van der Waals surface area contributed by atoms with E-state index in [0.717, 1.165) is 51.9 Å². The normalized spacial score (nSPS) is 16.0. The average molecular weight is 527 g/mol. The van der Waals surface area contributed by atoms with E-state index in [0.29, 0.717) is 11.3 Å². The van der Waals surface area contributed by atoms with Gasteiger partial charge in [-0.15, -0.1) is 0 Å². The molecule has 0 spiro atoms. The molecule has 4 rings (SSSR count). The largest absolute Gasteiger partial charge is 0.485 e. The van der Waals surface area contributed by atoms with Gasteiger partial charge >= 0.3 is 0 Å². The van der Waals surface area contributed by atoms with Crippen molar-refractivity contribution in [3.8, 4) is 5.75 Å². The molecular weight excluding hydrogens is 500 g/mol. The first-order chi connectivity index (χ1) is 16.4. The number of hydrogen-bond donors (Lipinski definition) is 1. The third kappa shape index (κ3) is 5.97. The first kappa shape index (κ1) is 24.3. The van der Waals surface area contributed by atoms with Crippen molar-refractivity contribution >= 4 is 21.7 Å². The summed E-state index contributed by atoms with van der Waals surface area (Å²) in [6, 6.07) is 11.0. The second kappa shape index (κ2) is 11.0. The van der Waals surface area contributed by atoms with Crippen molar-refractivity contribution in [1.29, 1.82) is 0 Å². The first-order valence-electron chi connectivity index (χ1n) is 11.2. The van der Waals surface area contributed by atoms with Crippen LogP contribution in [0.5, 0.6) is 5.75 Å². The minimum Gasteiger partial charge on any atom is -0.485 e. The lowest BCUT2D eigenvalue weighted by Crippen LogP contribution is -2.31. The van der Waals surface area contributed by atoms with Gasteiger partial charge in [0.2, 0.25) is 0 Å². The maximum absolute atomic E-state index is 12.9. The number of rotatable bonds is 9. The van der Waals surface area contributed by atoms with Crippen LogP contribution in [0.3, 0.4) is 0 Å². The molecule has 1 atom stereocenters. The SMILES string of the molecule is Cc1cc(CN2CCC[C@H]2CO)ccc1C(=O)Cn1ncc(OCc2ccc(Br)cn2)cc1=O. The molecule has 1 aliphatic rings. The smallest absolute Gasteiger partial charge is 0.270 e. The molecule has 3 heterocycles. The van der Waals surface area contributed by atoms with Crippen LogP contribution in [-0.2, 0) is 19.7 Å². The number of hydrogen-bond acceptors (Lipinski definition) is 7. The zero-order chi connectivity index (χ0) is 24.1. The average Bonchev–Trinajstić information content (AvgIpc) is 3.27. The molecule has 8 nitrogen and oxygen atoms in total. The van der Waals surface area contributed by atoms with Crippen molar-refractivity contribution in [2.75, 3.05) is 13.2 Å². The Morgan fingerprint density at radius 2 is 2.09 bits per heavy atom. The zero-order valence-corrected chi connectivity index (χ0v) is 20.6. The molecule has 0 radical (unpaired) electrons. The molecule has 0 unspecified atom stereocenters. The van der Waals surface area contributed by atoms with E-state index in [1.165, 1.54) is 12.3 Å². The van der Waals surface area contributed by atoms with Gasteiger partial charge in [0, 0.05) is 34.9 Å². The Kier molecular flexibility index (Phi) is 7.87. The Bertz CT molecular complexity index is 1210. The van der Waals surface area contributed by atoms with Gasteiger partial charge in [-0.1, -0.05) is 18.2 Å². The summed E-state index contributed by atoms with van der Waals surface area (Å²) in [5.41, 5.74) is 2.84. The van der Waals surface area contributed by atoms with Gasteiger partial charge in [0.15, 0.2) is 5.78 Å². The number of nitrogens with zero attached hydrogens (tertiary/aromatic N) is 4. The summed E-state index contributed by atoms with van der Waals surface area (Å²) in [7, 11) is 0. The lowest BCUT2D eigenvalue weighted by Gasteiger charge is -2.23. The molecule has 0 aliphatic carbocycles. The van der Waals surface area contributed by atoms with Crippen molar-refractivity contribution in [3.63, 3.8) is 0 Å². The van der Waals surface area contributed by atoms with Crippen LogP contribution in [0.1, 0.15) is 40.0 Å². The standard InChI is InChI=1S/C25H27BrN4O4/c1-17-9-18(13-29-8-2-3-21(29)15-31)4-7-23(17)24(32)14-30-25(33)10-22(12-28-30)34-16-20-6-5-19(26)11-27-20/h4-7,9-12,21,31H,2-3,8,13-16H2,1H3/t21-/m0/s1. The molecule has 0 bridgehead atoms. The summed E-state index contributed by atoms with van der Waals surface area (Å²) in [6.07, 6.45) is 5.21. The van der Waals surface area contributed by atoms with Gasteiger partial charge in [0.1, 0.15) is 18.9 Å². The molecular formula is C25H27BrN4O4. The first-order valence-corrected chi connectivity index (χ1v) is 12.0. The van der Waals surface area contributed by atoms with Crippen LogP contribution in [0.25, 0.3) is 0 Å². The zero-order valence-electron chi connectivity index (χ0n) is 19.0. The van der Waals surface area contributed by atoms with E-state index < -0.39 is 5.56 Å². The number of likely N-dealkylation sites (tertiary alicyclic amines) is 1. The third-order valence-corrected chi connectivity index (χ3v) is 6.47. The Hall–Kier alpha value is -2.88. The molecule has 0 saturated carbocycles. The monoisotopic (exact) mass is 526 g/mol. The van der Waals surface area contributed by atoms with E-state index in [-0.39, 0.29) is 31.6 Å². The minimum atomic E-state index is -0.409. The quantitative estimate of drug-likeness (QED) is 0.427. The number of carbonyl (C=O) groups excluding carboxylic acids is 1. The number of aryl methyl sites for hydroxylation is 1. The minimum absolute atomic E-state index is 0.147. The topological polar surface area (TPSA) is 97.6 Å². The molecule has 1 saturated heterocycles. The lowest BCUT2D eigenvalue weighted by atomic mass is 10.0. The van der Waals surface area contributed by atoms with Crippen LogP contribution >= 0.6 is 15.9 Å². The Balaban J connectivity index is 1.38. The molecule has 1 aliphatic heterocycles. The van der Waals surface area contributed by atoms with Gasteiger partial charge in [0.25, 0.3) is 5.56 Å². The molecule has 34 heavy (non-hydrogen) atoms. The molecule has 9 heteroatoms. The Labute approximate surface area is 206 Å². The predicted molar refractivity (Wildman–Crippen MR) is 131 cm³/mol. The van der Waals surface area contributed by atoms with E-state index >= 15 is 0 Å². The second-order valence-electron chi connectivity index (χ2n) is 8.47. The maximum Gasteiger partial charge on any atom is 0.270 e. The number of Topliss-reactive ketones (excluding diaryl/α,β-unsaturated/α-hetero) is 1. The van der Waals surface area contributed by atoms with E-state index in [9.17, 15) is 14.7 Å². The van der Waals surface area contributed by atoms with Gasteiger partial charge in [-0.3, -0.25) is 19.5 Å². The van der Waals surface area contributed by atoms with Crippen LogP contribution in [0, 0.1) is 6.92 Å². The molecule has 1 aromatic carbocycles. The van der Waals surface area contributed by atoms with Gasteiger partial charge < -0.3 is 9.84 Å². The van der Waals surface area contributed by atoms with Crippen molar-refractivity contribution in [2.45, 2.75) is 45.5 Å². The number of carbonyl (C=O) groups is 1. The molecule has 1 N–H and O–H groups in total. The van der Waals surface area contributed by atoms with Crippen molar-refractivity contribution in [1.82, 2.24) is 19.7 Å².